The standard InChI is InChI=1S/C17H15F3N4OS/c1-2-11-4-3-5-13(8-11)21-15(25)10-26-16-23-22-14-7-6-12(9-24(14)16)17(18,19)20/h3-9H,2,10H2,1H3,(H,21,25). The number of carbonyl (C=O) groups is 1. The average Bonchev–Trinajstić information content (AvgIpc) is 3.01. The van der Waals surface area contributed by atoms with E-state index in [1.165, 1.54) is 10.5 Å². The van der Waals surface area contributed by atoms with Crippen molar-refractivity contribution in [1.82, 2.24) is 14.6 Å². The molecule has 26 heavy (non-hydrogen) atoms. The molecule has 3 aromatic rings. The first-order chi connectivity index (χ1) is 12.4. The molecule has 0 fully saturated rings. The smallest absolute Gasteiger partial charge is 0.325 e. The number of rotatable bonds is 5. The lowest BCUT2D eigenvalue weighted by Gasteiger charge is -2.08. The molecule has 1 amide bonds. The third kappa shape index (κ3) is 4.16. The summed E-state index contributed by atoms with van der Waals surface area (Å²) in [7, 11) is 0. The van der Waals surface area contributed by atoms with Gasteiger partial charge in [-0.15, -0.1) is 10.2 Å². The highest BCUT2D eigenvalue weighted by atomic mass is 32.2. The normalized spacial score (nSPS) is 11.7. The van der Waals surface area contributed by atoms with Crippen molar-refractivity contribution in [1.29, 1.82) is 0 Å². The van der Waals surface area contributed by atoms with Crippen LogP contribution in [-0.2, 0) is 17.4 Å². The van der Waals surface area contributed by atoms with E-state index in [4.69, 9.17) is 0 Å². The van der Waals surface area contributed by atoms with Crippen molar-refractivity contribution >= 4 is 29.0 Å². The molecule has 0 radical (unpaired) electrons. The van der Waals surface area contributed by atoms with Crippen LogP contribution in [0.15, 0.2) is 47.8 Å². The number of carbonyl (C=O) groups excluding carboxylic acids is 1. The lowest BCUT2D eigenvalue weighted by atomic mass is 10.1. The zero-order valence-electron chi connectivity index (χ0n) is 13.7. The van der Waals surface area contributed by atoms with Gasteiger partial charge < -0.3 is 5.32 Å². The number of anilines is 1. The van der Waals surface area contributed by atoms with Crippen molar-refractivity contribution in [3.8, 4) is 0 Å². The Kier molecular flexibility index (Phi) is 5.17. The molecular formula is C17H15F3N4OS. The largest absolute Gasteiger partial charge is 0.417 e. The molecule has 9 heteroatoms. The summed E-state index contributed by atoms with van der Waals surface area (Å²) in [5.74, 6) is -0.264. The lowest BCUT2D eigenvalue weighted by molar-refractivity contribution is -0.137. The quantitative estimate of drug-likeness (QED) is 0.679. The van der Waals surface area contributed by atoms with Crippen LogP contribution >= 0.6 is 11.8 Å². The average molecular weight is 380 g/mol. The SMILES string of the molecule is CCc1cccc(NC(=O)CSc2nnc3ccc(C(F)(F)F)cn23)c1. The third-order valence-electron chi connectivity index (χ3n) is 3.65. The van der Waals surface area contributed by atoms with E-state index in [1.54, 1.807) is 6.07 Å². The second-order valence-electron chi connectivity index (χ2n) is 5.52. The van der Waals surface area contributed by atoms with Crippen LogP contribution in [0.2, 0.25) is 0 Å². The van der Waals surface area contributed by atoms with Gasteiger partial charge in [-0.2, -0.15) is 13.2 Å². The summed E-state index contributed by atoms with van der Waals surface area (Å²) < 4.78 is 39.8. The summed E-state index contributed by atoms with van der Waals surface area (Å²) in [6, 6.07) is 9.67. The van der Waals surface area contributed by atoms with Crippen molar-refractivity contribution < 1.29 is 18.0 Å². The number of aryl methyl sites for hydroxylation is 1. The summed E-state index contributed by atoms with van der Waals surface area (Å²) in [6.07, 6.45) is -2.67. The van der Waals surface area contributed by atoms with Crippen LogP contribution in [0.5, 0.6) is 0 Å². The number of thioether (sulfide) groups is 1. The topological polar surface area (TPSA) is 59.3 Å². The second kappa shape index (κ2) is 7.36. The molecule has 5 nitrogen and oxygen atoms in total. The summed E-state index contributed by atoms with van der Waals surface area (Å²) in [6.45, 7) is 2.02. The number of halogens is 3. The van der Waals surface area contributed by atoms with E-state index in [-0.39, 0.29) is 22.5 Å². The number of fused-ring (bicyclic) bond motifs is 1. The molecule has 0 aliphatic heterocycles. The number of hydrogen-bond acceptors (Lipinski definition) is 4. The van der Waals surface area contributed by atoms with Gasteiger partial charge in [0.1, 0.15) is 0 Å². The monoisotopic (exact) mass is 380 g/mol. The molecule has 0 saturated heterocycles. The molecule has 2 aromatic heterocycles. The van der Waals surface area contributed by atoms with Gasteiger partial charge in [0.05, 0.1) is 11.3 Å². The number of alkyl halides is 3. The first-order valence-corrected chi connectivity index (χ1v) is 8.79. The summed E-state index contributed by atoms with van der Waals surface area (Å²) in [5.41, 5.74) is 1.27. The molecule has 1 N–H and O–H groups in total. The second-order valence-corrected chi connectivity index (χ2v) is 6.46. The number of pyridine rings is 1. The van der Waals surface area contributed by atoms with E-state index >= 15 is 0 Å². The van der Waals surface area contributed by atoms with Crippen LogP contribution in [0.3, 0.4) is 0 Å². The maximum Gasteiger partial charge on any atom is 0.417 e. The lowest BCUT2D eigenvalue weighted by Crippen LogP contribution is -2.14. The van der Waals surface area contributed by atoms with Gasteiger partial charge in [-0.3, -0.25) is 9.20 Å². The zero-order chi connectivity index (χ0) is 18.7. The number of amides is 1. The minimum absolute atomic E-state index is 0.00733. The van der Waals surface area contributed by atoms with Crippen molar-refractivity contribution in [2.75, 3.05) is 11.1 Å². The van der Waals surface area contributed by atoms with Gasteiger partial charge >= 0.3 is 6.18 Å². The minimum atomic E-state index is -4.46. The molecule has 3 rings (SSSR count). The Labute approximate surface area is 151 Å². The Bertz CT molecular complexity index is 939. The Hall–Kier alpha value is -2.55. The van der Waals surface area contributed by atoms with Crippen molar-refractivity contribution in [2.24, 2.45) is 0 Å². The fraction of sp³-hybridized carbons (Fsp3) is 0.235. The minimum Gasteiger partial charge on any atom is -0.325 e. The molecule has 0 unspecified atom stereocenters. The Morgan fingerprint density at radius 3 is 2.77 bits per heavy atom. The van der Waals surface area contributed by atoms with E-state index in [0.717, 1.165) is 36.0 Å². The van der Waals surface area contributed by atoms with E-state index in [2.05, 4.69) is 15.5 Å². The molecule has 0 saturated carbocycles. The fourth-order valence-corrected chi connectivity index (χ4v) is 3.05. The molecule has 0 atom stereocenters. The van der Waals surface area contributed by atoms with E-state index in [1.807, 2.05) is 25.1 Å². The molecule has 0 aliphatic carbocycles. The first kappa shape index (κ1) is 18.2. The molecular weight excluding hydrogens is 365 g/mol. The van der Waals surface area contributed by atoms with Gasteiger partial charge in [0, 0.05) is 11.9 Å². The van der Waals surface area contributed by atoms with Gasteiger partial charge in [0.2, 0.25) is 5.91 Å². The van der Waals surface area contributed by atoms with E-state index in [0.29, 0.717) is 5.69 Å². The zero-order valence-corrected chi connectivity index (χ0v) is 14.6. The van der Waals surface area contributed by atoms with Gasteiger partial charge in [-0.1, -0.05) is 30.8 Å². The van der Waals surface area contributed by atoms with E-state index < -0.39 is 11.7 Å². The van der Waals surface area contributed by atoms with Crippen LogP contribution in [-0.4, -0.2) is 26.3 Å². The Morgan fingerprint density at radius 2 is 2.04 bits per heavy atom. The number of nitrogens with zero attached hydrogens (tertiary/aromatic N) is 3. The molecule has 1 aromatic carbocycles. The Morgan fingerprint density at radius 1 is 1.23 bits per heavy atom. The number of nitrogens with one attached hydrogen (secondary N) is 1. The maximum atomic E-state index is 12.8. The predicted octanol–water partition coefficient (Wildman–Crippen LogP) is 4.04. The van der Waals surface area contributed by atoms with Crippen LogP contribution < -0.4 is 5.32 Å². The molecule has 0 aliphatic rings. The third-order valence-corrected chi connectivity index (χ3v) is 4.59. The van der Waals surface area contributed by atoms with Crippen molar-refractivity contribution in [2.45, 2.75) is 24.7 Å². The van der Waals surface area contributed by atoms with Gasteiger partial charge in [-0.05, 0) is 36.2 Å². The van der Waals surface area contributed by atoms with E-state index in [9.17, 15) is 18.0 Å². The predicted molar refractivity (Wildman–Crippen MR) is 93.2 cm³/mol. The van der Waals surface area contributed by atoms with Crippen LogP contribution in [0.4, 0.5) is 18.9 Å². The molecule has 0 spiro atoms. The first-order valence-electron chi connectivity index (χ1n) is 7.80. The molecule has 0 bridgehead atoms. The van der Waals surface area contributed by atoms with Gasteiger partial charge in [0.15, 0.2) is 10.8 Å². The van der Waals surface area contributed by atoms with Crippen LogP contribution in [0.25, 0.3) is 5.65 Å². The summed E-state index contributed by atoms with van der Waals surface area (Å²) in [5, 5.41) is 10.7. The highest BCUT2D eigenvalue weighted by Crippen LogP contribution is 2.30. The summed E-state index contributed by atoms with van der Waals surface area (Å²) >= 11 is 1.02. The highest BCUT2D eigenvalue weighted by molar-refractivity contribution is 7.99. The number of aromatic nitrogens is 3. The number of hydrogen-bond donors (Lipinski definition) is 1. The summed E-state index contributed by atoms with van der Waals surface area (Å²) in [4.78, 5) is 12.1. The molecule has 2 heterocycles. The van der Waals surface area contributed by atoms with Crippen LogP contribution in [0.1, 0.15) is 18.1 Å². The number of benzene rings is 1. The van der Waals surface area contributed by atoms with Crippen molar-refractivity contribution in [3.05, 3.63) is 53.7 Å². The van der Waals surface area contributed by atoms with Gasteiger partial charge in [-0.25, -0.2) is 0 Å². The fourth-order valence-electron chi connectivity index (χ4n) is 2.33. The maximum absolute atomic E-state index is 12.8. The highest BCUT2D eigenvalue weighted by Gasteiger charge is 2.31. The Balaban J connectivity index is 1.70. The van der Waals surface area contributed by atoms with Crippen LogP contribution in [0, 0.1) is 0 Å². The van der Waals surface area contributed by atoms with Gasteiger partial charge in [0.25, 0.3) is 0 Å². The molecule has 136 valence electrons. The van der Waals surface area contributed by atoms with Crippen molar-refractivity contribution in [3.63, 3.8) is 0 Å².